The van der Waals surface area contributed by atoms with Crippen LogP contribution in [0.3, 0.4) is 0 Å². The quantitative estimate of drug-likeness (QED) is 0.245. The number of aromatic nitrogens is 1. The summed E-state index contributed by atoms with van der Waals surface area (Å²) in [6.07, 6.45) is 0.759. The highest BCUT2D eigenvalue weighted by Gasteiger charge is 2.19. The number of nitrogens with one attached hydrogen (secondary N) is 2. The van der Waals surface area contributed by atoms with Crippen LogP contribution in [-0.2, 0) is 26.0 Å². The van der Waals surface area contributed by atoms with Gasteiger partial charge in [0.1, 0.15) is 5.75 Å². The number of methoxy groups -OCH3 is 1. The van der Waals surface area contributed by atoms with Crippen LogP contribution in [0.2, 0.25) is 0 Å². The smallest absolute Gasteiger partial charge is 0.241 e. The largest absolute Gasteiger partial charge is 0.497 e. The molecule has 1 amide bonds. The van der Waals surface area contributed by atoms with Gasteiger partial charge in [-0.25, -0.2) is 13.1 Å². The first kappa shape index (κ1) is 26.2. The van der Waals surface area contributed by atoms with Crippen molar-refractivity contribution in [2.24, 2.45) is 0 Å². The van der Waals surface area contributed by atoms with E-state index >= 15 is 0 Å². The lowest BCUT2D eigenvalue weighted by atomic mass is 10.1. The van der Waals surface area contributed by atoms with E-state index < -0.39 is 10.0 Å². The van der Waals surface area contributed by atoms with Crippen LogP contribution in [0.5, 0.6) is 5.75 Å². The van der Waals surface area contributed by atoms with Crippen molar-refractivity contribution >= 4 is 49.7 Å². The molecular formula is C27H30N4O5S. The van der Waals surface area contributed by atoms with Gasteiger partial charge in [0.15, 0.2) is 0 Å². The monoisotopic (exact) mass is 522 g/mol. The number of rotatable bonds is 10. The number of benzene rings is 3. The predicted molar refractivity (Wildman–Crippen MR) is 146 cm³/mol. The zero-order chi connectivity index (χ0) is 26.7. The molecule has 0 radical (unpaired) electrons. The Labute approximate surface area is 216 Å². The van der Waals surface area contributed by atoms with Gasteiger partial charge in [-0.05, 0) is 42.8 Å². The minimum Gasteiger partial charge on any atom is -0.497 e. The maximum absolute atomic E-state index is 13.1. The second-order valence-corrected chi connectivity index (χ2v) is 10.6. The van der Waals surface area contributed by atoms with Crippen LogP contribution in [-0.4, -0.2) is 59.6 Å². The third-order valence-corrected chi connectivity index (χ3v) is 7.92. The molecule has 1 aromatic heterocycles. The molecule has 3 aromatic carbocycles. The summed E-state index contributed by atoms with van der Waals surface area (Å²) in [7, 11) is 1.56. The maximum atomic E-state index is 13.1. The molecule has 0 aliphatic rings. The van der Waals surface area contributed by atoms with Crippen molar-refractivity contribution < 1.29 is 22.7 Å². The highest BCUT2D eigenvalue weighted by molar-refractivity contribution is 7.89. The van der Waals surface area contributed by atoms with E-state index in [-0.39, 0.29) is 30.3 Å². The van der Waals surface area contributed by atoms with Crippen LogP contribution in [0.4, 0.5) is 5.69 Å². The molecule has 194 valence electrons. The Kier molecular flexibility index (Phi) is 7.51. The number of ether oxygens (including phenoxy) is 1. The van der Waals surface area contributed by atoms with Crippen LogP contribution in [0.1, 0.15) is 11.3 Å². The van der Waals surface area contributed by atoms with Gasteiger partial charge in [0.2, 0.25) is 22.3 Å². The van der Waals surface area contributed by atoms with Crippen LogP contribution < -0.4 is 19.7 Å². The van der Waals surface area contributed by atoms with Crippen LogP contribution in [0, 0.1) is 6.92 Å². The lowest BCUT2D eigenvalue weighted by molar-refractivity contribution is -0.120. The number of anilines is 1. The minimum atomic E-state index is -3.81. The van der Waals surface area contributed by atoms with Crippen LogP contribution in [0.25, 0.3) is 21.7 Å². The number of carbonyl (C=O) groups excluding carboxylic acids is 2. The first-order valence-corrected chi connectivity index (χ1v) is 13.2. The molecule has 1 heterocycles. The Balaban J connectivity index is 1.44. The van der Waals surface area contributed by atoms with Gasteiger partial charge in [0.05, 0.1) is 23.9 Å². The van der Waals surface area contributed by atoms with E-state index in [1.807, 2.05) is 37.2 Å². The minimum absolute atomic E-state index is 0.0285. The molecule has 2 N–H and O–H groups in total. The molecule has 4 aromatic rings. The topological polar surface area (TPSA) is 110 Å². The summed E-state index contributed by atoms with van der Waals surface area (Å²) in [6, 6.07) is 16.1. The van der Waals surface area contributed by atoms with E-state index in [4.69, 9.17) is 4.74 Å². The molecule has 0 atom stereocenters. The van der Waals surface area contributed by atoms with Gasteiger partial charge in [-0.1, -0.05) is 24.3 Å². The summed E-state index contributed by atoms with van der Waals surface area (Å²) in [4.78, 5) is 26.4. The van der Waals surface area contributed by atoms with Crippen molar-refractivity contribution in [2.75, 3.05) is 39.2 Å². The number of fused-ring (bicyclic) bond motifs is 2. The fourth-order valence-electron chi connectivity index (χ4n) is 4.55. The molecule has 0 bridgehead atoms. The molecule has 4 rings (SSSR count). The molecule has 9 nitrogen and oxygen atoms in total. The third-order valence-electron chi connectivity index (χ3n) is 6.40. The average Bonchev–Trinajstić information content (AvgIpc) is 3.15. The van der Waals surface area contributed by atoms with Gasteiger partial charge < -0.3 is 15.0 Å². The van der Waals surface area contributed by atoms with E-state index in [1.165, 1.54) is 4.57 Å². The standard InChI is InChI=1S/C27H30N4O5S/c1-18-22(23-15-19(36-4)11-12-25(23)31(18)17-32)16-27(33)28-13-14-29-37(34,35)26-10-6-7-20-21(26)8-5-9-24(20)30(2)3/h5-12,15,17,29H,13-14,16H2,1-4H3,(H,28,33). The summed E-state index contributed by atoms with van der Waals surface area (Å²) in [5.41, 5.74) is 3.00. The SMILES string of the molecule is COc1ccc2c(c1)c(CC(=O)NCCNS(=O)(=O)c1cccc3c(N(C)C)cccc13)c(C)n2C=O. The summed E-state index contributed by atoms with van der Waals surface area (Å²) in [5.74, 6) is 0.341. The highest BCUT2D eigenvalue weighted by atomic mass is 32.2. The van der Waals surface area contributed by atoms with Gasteiger partial charge in [0.25, 0.3) is 0 Å². The van der Waals surface area contributed by atoms with Gasteiger partial charge in [-0.2, -0.15) is 0 Å². The van der Waals surface area contributed by atoms with E-state index in [1.54, 1.807) is 50.4 Å². The zero-order valence-corrected chi connectivity index (χ0v) is 22.1. The third kappa shape index (κ3) is 5.16. The Hall–Kier alpha value is -3.89. The molecule has 0 aliphatic carbocycles. The predicted octanol–water partition coefficient (Wildman–Crippen LogP) is 2.85. The highest BCUT2D eigenvalue weighted by Crippen LogP contribution is 2.30. The van der Waals surface area contributed by atoms with E-state index in [0.717, 1.165) is 22.9 Å². The molecule has 37 heavy (non-hydrogen) atoms. The Morgan fingerprint density at radius 3 is 2.46 bits per heavy atom. The van der Waals surface area contributed by atoms with Crippen molar-refractivity contribution in [1.82, 2.24) is 14.6 Å². The van der Waals surface area contributed by atoms with Crippen LogP contribution >= 0.6 is 0 Å². The fourth-order valence-corrected chi connectivity index (χ4v) is 5.80. The lowest BCUT2D eigenvalue weighted by Gasteiger charge is -2.17. The van der Waals surface area contributed by atoms with Crippen molar-refractivity contribution in [3.05, 3.63) is 65.9 Å². The lowest BCUT2D eigenvalue weighted by Crippen LogP contribution is -2.35. The number of hydrogen-bond acceptors (Lipinski definition) is 6. The number of nitrogens with zero attached hydrogens (tertiary/aromatic N) is 2. The molecule has 0 fully saturated rings. The number of carbonyl (C=O) groups is 2. The molecule has 0 saturated heterocycles. The second kappa shape index (κ2) is 10.6. The normalized spacial score (nSPS) is 11.6. The Morgan fingerprint density at radius 1 is 1.03 bits per heavy atom. The van der Waals surface area contributed by atoms with E-state index in [0.29, 0.717) is 27.9 Å². The van der Waals surface area contributed by atoms with Crippen LogP contribution in [0.15, 0.2) is 59.5 Å². The van der Waals surface area contributed by atoms with Gasteiger partial charge in [-0.3, -0.25) is 14.2 Å². The molecule has 10 heteroatoms. The summed E-state index contributed by atoms with van der Waals surface area (Å²) < 4.78 is 35.5. The summed E-state index contributed by atoms with van der Waals surface area (Å²) in [6.45, 7) is 1.92. The van der Waals surface area contributed by atoms with Crippen molar-refractivity contribution in [2.45, 2.75) is 18.2 Å². The number of amides is 1. The van der Waals surface area contributed by atoms with Crippen molar-refractivity contribution in [3.63, 3.8) is 0 Å². The first-order chi connectivity index (χ1) is 17.7. The van der Waals surface area contributed by atoms with E-state index in [9.17, 15) is 18.0 Å². The Morgan fingerprint density at radius 2 is 1.76 bits per heavy atom. The van der Waals surface area contributed by atoms with E-state index in [2.05, 4.69) is 10.0 Å². The number of sulfonamides is 1. The summed E-state index contributed by atoms with van der Waals surface area (Å²) in [5, 5.41) is 4.99. The number of hydrogen-bond donors (Lipinski definition) is 2. The summed E-state index contributed by atoms with van der Waals surface area (Å²) >= 11 is 0. The Bertz CT molecular complexity index is 1590. The fraction of sp³-hybridized carbons (Fsp3) is 0.259. The van der Waals surface area contributed by atoms with Gasteiger partial charge in [0, 0.05) is 54.7 Å². The molecule has 0 spiro atoms. The molecule has 0 saturated carbocycles. The zero-order valence-electron chi connectivity index (χ0n) is 21.2. The van der Waals surface area contributed by atoms with Crippen molar-refractivity contribution in [1.29, 1.82) is 0 Å². The van der Waals surface area contributed by atoms with Gasteiger partial charge in [-0.15, -0.1) is 0 Å². The molecule has 0 aliphatic heterocycles. The molecule has 0 unspecified atom stereocenters. The molecular weight excluding hydrogens is 492 g/mol. The second-order valence-electron chi connectivity index (χ2n) is 8.87. The average molecular weight is 523 g/mol. The van der Waals surface area contributed by atoms with Gasteiger partial charge >= 0.3 is 0 Å². The maximum Gasteiger partial charge on any atom is 0.241 e. The first-order valence-electron chi connectivity index (χ1n) is 11.8. The van der Waals surface area contributed by atoms with Crippen molar-refractivity contribution in [3.8, 4) is 5.75 Å².